The van der Waals surface area contributed by atoms with Crippen molar-refractivity contribution in [2.45, 2.75) is 33.2 Å². The normalized spacial score (nSPS) is 18.7. The van der Waals surface area contributed by atoms with Gasteiger partial charge >= 0.3 is 6.03 Å². The van der Waals surface area contributed by atoms with E-state index in [1.165, 1.54) is 0 Å². The minimum Gasteiger partial charge on any atom is -0.321 e. The number of aromatic nitrogens is 2. The molecule has 3 rings (SSSR count). The number of benzene rings is 1. The number of para-hydroxylation sites is 2. The van der Waals surface area contributed by atoms with Gasteiger partial charge in [-0.3, -0.25) is 0 Å². The quantitative estimate of drug-likeness (QED) is 0.889. The van der Waals surface area contributed by atoms with Crippen molar-refractivity contribution in [3.63, 3.8) is 0 Å². The zero-order valence-electron chi connectivity index (χ0n) is 15.3. The number of anilines is 1. The predicted molar refractivity (Wildman–Crippen MR) is 101 cm³/mol. The molecule has 1 aromatic heterocycles. The minimum atomic E-state index is -3.05. The lowest BCUT2D eigenvalue weighted by Crippen LogP contribution is -2.43. The van der Waals surface area contributed by atoms with E-state index in [-0.39, 0.29) is 23.6 Å². The van der Waals surface area contributed by atoms with E-state index < -0.39 is 9.84 Å². The topological polar surface area (TPSA) is 84.3 Å². The van der Waals surface area contributed by atoms with Crippen LogP contribution in [-0.2, 0) is 9.84 Å². The monoisotopic (exact) mass is 376 g/mol. The Morgan fingerprint density at radius 3 is 2.65 bits per heavy atom. The van der Waals surface area contributed by atoms with Gasteiger partial charge in [-0.15, -0.1) is 0 Å². The van der Waals surface area contributed by atoms with E-state index in [1.54, 1.807) is 9.58 Å². The fourth-order valence-electron chi connectivity index (χ4n) is 3.41. The summed E-state index contributed by atoms with van der Waals surface area (Å²) < 4.78 is 25.3. The number of rotatable bonds is 4. The van der Waals surface area contributed by atoms with Crippen molar-refractivity contribution < 1.29 is 13.2 Å². The van der Waals surface area contributed by atoms with Crippen LogP contribution in [0.4, 0.5) is 10.5 Å². The van der Waals surface area contributed by atoms with Crippen LogP contribution in [0.2, 0.25) is 0 Å². The second kappa shape index (κ2) is 7.11. The number of aryl methyl sites for hydroxylation is 2. The maximum atomic E-state index is 12.8. The number of nitrogens with zero attached hydrogens (tertiary/aromatic N) is 3. The molecule has 1 aliphatic rings. The summed E-state index contributed by atoms with van der Waals surface area (Å²) >= 11 is 0. The third-order valence-corrected chi connectivity index (χ3v) is 6.38. The summed E-state index contributed by atoms with van der Waals surface area (Å²) in [6, 6.07) is 8.87. The number of urea groups is 1. The molecule has 0 bridgehead atoms. The molecule has 1 saturated heterocycles. The lowest BCUT2D eigenvalue weighted by Gasteiger charge is -2.27. The molecular formula is C18H24N4O3S. The standard InChI is InChI=1S/C18H24N4O3S/c1-4-21(15-9-10-26(24,25)12-15)18(23)19-16-7-5-6-8-17(16)22-14(3)11-13(2)20-22/h5-8,11,15H,4,9-10,12H2,1-3H3,(H,19,23)/t15-/m0/s1. The molecule has 0 saturated carbocycles. The molecule has 2 heterocycles. The van der Waals surface area contributed by atoms with Gasteiger partial charge in [0, 0.05) is 18.3 Å². The average Bonchev–Trinajstić information content (AvgIpc) is 3.10. The van der Waals surface area contributed by atoms with Crippen molar-refractivity contribution in [1.29, 1.82) is 0 Å². The Hall–Kier alpha value is -2.35. The first kappa shape index (κ1) is 18.4. The second-order valence-electron chi connectivity index (χ2n) is 6.63. The molecule has 2 aromatic rings. The van der Waals surface area contributed by atoms with E-state index in [4.69, 9.17) is 0 Å². The zero-order valence-corrected chi connectivity index (χ0v) is 16.1. The first-order chi connectivity index (χ1) is 12.3. The number of sulfone groups is 1. The molecule has 1 aromatic carbocycles. The molecule has 26 heavy (non-hydrogen) atoms. The highest BCUT2D eigenvalue weighted by atomic mass is 32.2. The van der Waals surface area contributed by atoms with Gasteiger partial charge in [-0.25, -0.2) is 17.9 Å². The Balaban J connectivity index is 1.84. The highest BCUT2D eigenvalue weighted by Gasteiger charge is 2.34. The molecule has 1 fully saturated rings. The highest BCUT2D eigenvalue weighted by molar-refractivity contribution is 7.91. The van der Waals surface area contributed by atoms with Crippen LogP contribution < -0.4 is 5.32 Å². The van der Waals surface area contributed by atoms with Crippen molar-refractivity contribution in [1.82, 2.24) is 14.7 Å². The van der Waals surface area contributed by atoms with Crippen LogP contribution in [0.3, 0.4) is 0 Å². The first-order valence-electron chi connectivity index (χ1n) is 8.71. The number of hydrogen-bond donors (Lipinski definition) is 1. The molecule has 0 unspecified atom stereocenters. The lowest BCUT2D eigenvalue weighted by molar-refractivity contribution is 0.197. The van der Waals surface area contributed by atoms with E-state index in [0.717, 1.165) is 17.1 Å². The van der Waals surface area contributed by atoms with E-state index in [0.29, 0.717) is 18.7 Å². The Morgan fingerprint density at radius 1 is 1.35 bits per heavy atom. The summed E-state index contributed by atoms with van der Waals surface area (Å²) in [5, 5.41) is 7.41. The van der Waals surface area contributed by atoms with E-state index in [9.17, 15) is 13.2 Å². The predicted octanol–water partition coefficient (Wildman–Crippen LogP) is 2.53. The summed E-state index contributed by atoms with van der Waals surface area (Å²) in [7, 11) is -3.05. The van der Waals surface area contributed by atoms with Gasteiger partial charge in [-0.05, 0) is 45.4 Å². The van der Waals surface area contributed by atoms with Crippen LogP contribution in [-0.4, -0.2) is 53.2 Å². The maximum Gasteiger partial charge on any atom is 0.322 e. The van der Waals surface area contributed by atoms with Crippen molar-refractivity contribution in [3.05, 3.63) is 41.7 Å². The number of amides is 2. The molecule has 2 amide bonds. The van der Waals surface area contributed by atoms with Gasteiger partial charge in [0.25, 0.3) is 0 Å². The minimum absolute atomic E-state index is 0.0351. The fraction of sp³-hybridized carbons (Fsp3) is 0.444. The number of hydrogen-bond acceptors (Lipinski definition) is 4. The number of nitrogens with one attached hydrogen (secondary N) is 1. The molecule has 0 spiro atoms. The SMILES string of the molecule is CCN(C(=O)Nc1ccccc1-n1nc(C)cc1C)[C@H]1CCS(=O)(=O)C1. The van der Waals surface area contributed by atoms with Crippen molar-refractivity contribution in [2.75, 3.05) is 23.4 Å². The highest BCUT2D eigenvalue weighted by Crippen LogP contribution is 2.23. The van der Waals surface area contributed by atoms with Gasteiger partial charge in [0.15, 0.2) is 9.84 Å². The molecule has 1 N–H and O–H groups in total. The van der Waals surface area contributed by atoms with E-state index in [1.807, 2.05) is 51.1 Å². The summed E-state index contributed by atoms with van der Waals surface area (Å²) in [6.07, 6.45) is 0.489. The Bertz CT molecular complexity index is 920. The number of carbonyl (C=O) groups is 1. The molecule has 1 atom stereocenters. The van der Waals surface area contributed by atoms with Crippen LogP contribution >= 0.6 is 0 Å². The van der Waals surface area contributed by atoms with Gasteiger partial charge in [0.05, 0.1) is 28.6 Å². The van der Waals surface area contributed by atoms with Crippen LogP contribution in [0.15, 0.2) is 30.3 Å². The maximum absolute atomic E-state index is 12.8. The Kier molecular flexibility index (Phi) is 5.04. The van der Waals surface area contributed by atoms with Crippen LogP contribution in [0, 0.1) is 13.8 Å². The van der Waals surface area contributed by atoms with Crippen molar-refractivity contribution in [3.8, 4) is 5.69 Å². The largest absolute Gasteiger partial charge is 0.322 e. The molecular weight excluding hydrogens is 352 g/mol. The number of carbonyl (C=O) groups excluding carboxylic acids is 1. The van der Waals surface area contributed by atoms with Gasteiger partial charge < -0.3 is 10.2 Å². The Labute approximate surface area is 153 Å². The molecule has 0 radical (unpaired) electrons. The molecule has 8 heteroatoms. The fourth-order valence-corrected chi connectivity index (χ4v) is 5.14. The molecule has 140 valence electrons. The van der Waals surface area contributed by atoms with Crippen LogP contribution in [0.25, 0.3) is 5.69 Å². The van der Waals surface area contributed by atoms with Gasteiger partial charge in [0.1, 0.15) is 0 Å². The smallest absolute Gasteiger partial charge is 0.321 e. The van der Waals surface area contributed by atoms with Gasteiger partial charge in [-0.1, -0.05) is 12.1 Å². The first-order valence-corrected chi connectivity index (χ1v) is 10.5. The zero-order chi connectivity index (χ0) is 18.9. The molecule has 7 nitrogen and oxygen atoms in total. The molecule has 0 aliphatic carbocycles. The summed E-state index contributed by atoms with van der Waals surface area (Å²) in [6.45, 7) is 6.19. The van der Waals surface area contributed by atoms with E-state index >= 15 is 0 Å². The van der Waals surface area contributed by atoms with Gasteiger partial charge in [-0.2, -0.15) is 5.10 Å². The third kappa shape index (κ3) is 3.75. The molecule has 1 aliphatic heterocycles. The third-order valence-electron chi connectivity index (χ3n) is 4.63. The summed E-state index contributed by atoms with van der Waals surface area (Å²) in [5.41, 5.74) is 3.29. The van der Waals surface area contributed by atoms with Gasteiger partial charge in [0.2, 0.25) is 0 Å². The second-order valence-corrected chi connectivity index (χ2v) is 8.86. The lowest BCUT2D eigenvalue weighted by atomic mass is 10.2. The Morgan fingerprint density at radius 2 is 2.08 bits per heavy atom. The van der Waals surface area contributed by atoms with Crippen LogP contribution in [0.5, 0.6) is 0 Å². The van der Waals surface area contributed by atoms with Crippen molar-refractivity contribution >= 4 is 21.6 Å². The summed E-state index contributed by atoms with van der Waals surface area (Å²) in [5.74, 6) is 0.178. The summed E-state index contributed by atoms with van der Waals surface area (Å²) in [4.78, 5) is 14.4. The van der Waals surface area contributed by atoms with Crippen molar-refractivity contribution in [2.24, 2.45) is 0 Å². The van der Waals surface area contributed by atoms with Crippen LogP contribution in [0.1, 0.15) is 24.7 Å². The van der Waals surface area contributed by atoms with E-state index in [2.05, 4.69) is 10.4 Å². The average molecular weight is 376 g/mol.